The van der Waals surface area contributed by atoms with Crippen molar-refractivity contribution < 1.29 is 9.53 Å². The molecule has 1 fully saturated rings. The number of amides is 1. The summed E-state index contributed by atoms with van der Waals surface area (Å²) in [5, 5.41) is 3.07. The molecule has 23 heavy (non-hydrogen) atoms. The van der Waals surface area contributed by atoms with E-state index in [2.05, 4.69) is 35.2 Å². The van der Waals surface area contributed by atoms with Crippen LogP contribution in [0.3, 0.4) is 0 Å². The highest BCUT2D eigenvalue weighted by Gasteiger charge is 2.21. The fourth-order valence-electron chi connectivity index (χ4n) is 3.35. The number of hydrogen-bond donors (Lipinski definition) is 1. The highest BCUT2D eigenvalue weighted by atomic mass is 16.5. The van der Waals surface area contributed by atoms with E-state index in [0.717, 1.165) is 50.5 Å². The van der Waals surface area contributed by atoms with Crippen LogP contribution in [0.5, 0.6) is 0 Å². The highest BCUT2D eigenvalue weighted by molar-refractivity contribution is 5.95. The van der Waals surface area contributed by atoms with E-state index in [4.69, 9.17) is 4.74 Å². The third-order valence-electron chi connectivity index (χ3n) is 4.62. The molecule has 0 saturated carbocycles. The number of ether oxygens (including phenoxy) is 1. The van der Waals surface area contributed by atoms with Crippen LogP contribution >= 0.6 is 0 Å². The third-order valence-corrected chi connectivity index (χ3v) is 4.62. The quantitative estimate of drug-likeness (QED) is 0.781. The zero-order valence-corrected chi connectivity index (χ0v) is 14.7. The monoisotopic (exact) mass is 319 g/mol. The normalized spacial score (nSPS) is 15.6. The summed E-state index contributed by atoms with van der Waals surface area (Å²) < 4.78 is 7.42. The highest BCUT2D eigenvalue weighted by Crippen LogP contribution is 2.22. The van der Waals surface area contributed by atoms with Gasteiger partial charge in [-0.15, -0.1) is 6.58 Å². The molecule has 2 heterocycles. The standard InChI is InChI=1S/C18H29N3O2/c1-5-8-21-15(4)16(6-2)14(3)17(21)18(22)19-7-9-20-10-12-23-13-11-20/h5H,1,6-13H2,2-4H3,(H,19,22). The summed E-state index contributed by atoms with van der Waals surface area (Å²) in [6, 6.07) is 0. The van der Waals surface area contributed by atoms with Crippen molar-refractivity contribution in [2.45, 2.75) is 33.7 Å². The zero-order chi connectivity index (χ0) is 16.8. The van der Waals surface area contributed by atoms with Crippen LogP contribution in [0.1, 0.15) is 34.2 Å². The Balaban J connectivity index is 2.04. The van der Waals surface area contributed by atoms with E-state index in [1.807, 2.05) is 13.0 Å². The molecule has 1 saturated heterocycles. The van der Waals surface area contributed by atoms with Crippen molar-refractivity contribution in [1.29, 1.82) is 0 Å². The number of morpholine rings is 1. The maximum absolute atomic E-state index is 12.7. The van der Waals surface area contributed by atoms with Gasteiger partial charge in [0.05, 0.1) is 13.2 Å². The van der Waals surface area contributed by atoms with Gasteiger partial charge in [0, 0.05) is 38.4 Å². The smallest absolute Gasteiger partial charge is 0.268 e. The average Bonchev–Trinajstić information content (AvgIpc) is 2.79. The minimum Gasteiger partial charge on any atom is -0.379 e. The summed E-state index contributed by atoms with van der Waals surface area (Å²) in [5.41, 5.74) is 4.31. The molecular formula is C18H29N3O2. The second-order valence-electron chi connectivity index (χ2n) is 6.00. The molecule has 1 amide bonds. The summed E-state index contributed by atoms with van der Waals surface area (Å²) >= 11 is 0. The van der Waals surface area contributed by atoms with Crippen LogP contribution < -0.4 is 5.32 Å². The molecular weight excluding hydrogens is 290 g/mol. The number of nitrogens with zero attached hydrogens (tertiary/aromatic N) is 2. The molecule has 0 aliphatic carbocycles. The Morgan fingerprint density at radius 1 is 1.35 bits per heavy atom. The van der Waals surface area contributed by atoms with Gasteiger partial charge in [-0.3, -0.25) is 9.69 Å². The predicted molar refractivity (Wildman–Crippen MR) is 93.1 cm³/mol. The van der Waals surface area contributed by atoms with Crippen LogP contribution in [0.25, 0.3) is 0 Å². The first-order valence-corrected chi connectivity index (χ1v) is 8.47. The largest absolute Gasteiger partial charge is 0.379 e. The molecule has 0 bridgehead atoms. The number of hydrogen-bond acceptors (Lipinski definition) is 3. The molecule has 0 radical (unpaired) electrons. The summed E-state index contributed by atoms with van der Waals surface area (Å²) in [5.74, 6) is 0.0143. The lowest BCUT2D eigenvalue weighted by molar-refractivity contribution is 0.0383. The Bertz CT molecular complexity index is 557. The van der Waals surface area contributed by atoms with Crippen molar-refractivity contribution in [1.82, 2.24) is 14.8 Å². The molecule has 1 aromatic heterocycles. The second kappa shape index (κ2) is 8.31. The third kappa shape index (κ3) is 4.03. The van der Waals surface area contributed by atoms with Gasteiger partial charge in [0.2, 0.25) is 0 Å². The molecule has 1 N–H and O–H groups in total. The Kier molecular flexibility index (Phi) is 6.42. The van der Waals surface area contributed by atoms with Crippen molar-refractivity contribution in [3.8, 4) is 0 Å². The van der Waals surface area contributed by atoms with Gasteiger partial charge < -0.3 is 14.6 Å². The maximum Gasteiger partial charge on any atom is 0.268 e. The van der Waals surface area contributed by atoms with Gasteiger partial charge in [-0.2, -0.15) is 0 Å². The molecule has 0 spiro atoms. The number of carbonyl (C=O) groups excluding carboxylic acids is 1. The van der Waals surface area contributed by atoms with Crippen LogP contribution in [0, 0.1) is 13.8 Å². The van der Waals surface area contributed by atoms with Gasteiger partial charge in [0.25, 0.3) is 5.91 Å². The first-order valence-electron chi connectivity index (χ1n) is 8.47. The van der Waals surface area contributed by atoms with E-state index in [1.54, 1.807) is 0 Å². The average molecular weight is 319 g/mol. The van der Waals surface area contributed by atoms with Crippen LogP contribution in [-0.4, -0.2) is 54.8 Å². The second-order valence-corrected chi connectivity index (χ2v) is 6.00. The van der Waals surface area contributed by atoms with E-state index in [0.29, 0.717) is 13.1 Å². The van der Waals surface area contributed by atoms with E-state index in [1.165, 1.54) is 11.3 Å². The Hall–Kier alpha value is -1.59. The Morgan fingerprint density at radius 3 is 2.65 bits per heavy atom. The Morgan fingerprint density at radius 2 is 2.04 bits per heavy atom. The number of aromatic nitrogens is 1. The van der Waals surface area contributed by atoms with Gasteiger partial charge in [-0.1, -0.05) is 13.0 Å². The van der Waals surface area contributed by atoms with Crippen molar-refractivity contribution in [3.05, 3.63) is 35.2 Å². The van der Waals surface area contributed by atoms with Crippen molar-refractivity contribution in [2.75, 3.05) is 39.4 Å². The number of carbonyl (C=O) groups is 1. The summed E-state index contributed by atoms with van der Waals surface area (Å²) in [6.07, 6.45) is 2.78. The molecule has 5 nitrogen and oxygen atoms in total. The fraction of sp³-hybridized carbons (Fsp3) is 0.611. The molecule has 0 unspecified atom stereocenters. The summed E-state index contributed by atoms with van der Waals surface area (Å²) in [4.78, 5) is 15.0. The van der Waals surface area contributed by atoms with Crippen molar-refractivity contribution in [2.24, 2.45) is 0 Å². The first-order chi connectivity index (χ1) is 11.1. The van der Waals surface area contributed by atoms with E-state index in [9.17, 15) is 4.79 Å². The molecule has 128 valence electrons. The van der Waals surface area contributed by atoms with E-state index < -0.39 is 0 Å². The van der Waals surface area contributed by atoms with Gasteiger partial charge in [-0.05, 0) is 31.4 Å². The number of nitrogens with one attached hydrogen (secondary N) is 1. The van der Waals surface area contributed by atoms with Crippen LogP contribution in [-0.2, 0) is 17.7 Å². The lowest BCUT2D eigenvalue weighted by Gasteiger charge is -2.26. The predicted octanol–water partition coefficient (Wildman–Crippen LogP) is 1.92. The molecule has 0 atom stereocenters. The van der Waals surface area contributed by atoms with E-state index >= 15 is 0 Å². The molecule has 1 aliphatic rings. The SMILES string of the molecule is C=CCn1c(C)c(CC)c(C)c1C(=O)NCCN1CCOCC1. The van der Waals surface area contributed by atoms with Crippen molar-refractivity contribution in [3.63, 3.8) is 0 Å². The molecule has 2 rings (SSSR count). The topological polar surface area (TPSA) is 46.5 Å². The van der Waals surface area contributed by atoms with Crippen LogP contribution in [0.2, 0.25) is 0 Å². The van der Waals surface area contributed by atoms with Gasteiger partial charge in [0.1, 0.15) is 5.69 Å². The molecule has 5 heteroatoms. The lowest BCUT2D eigenvalue weighted by Crippen LogP contribution is -2.41. The maximum atomic E-state index is 12.7. The van der Waals surface area contributed by atoms with Crippen LogP contribution in [0.15, 0.2) is 12.7 Å². The minimum absolute atomic E-state index is 0.0143. The fourth-order valence-corrected chi connectivity index (χ4v) is 3.35. The number of allylic oxidation sites excluding steroid dienone is 1. The minimum atomic E-state index is 0.0143. The summed E-state index contributed by atoms with van der Waals surface area (Å²) in [7, 11) is 0. The number of rotatable bonds is 7. The molecule has 0 aromatic carbocycles. The molecule has 1 aliphatic heterocycles. The summed E-state index contributed by atoms with van der Waals surface area (Å²) in [6.45, 7) is 15.7. The van der Waals surface area contributed by atoms with E-state index in [-0.39, 0.29) is 5.91 Å². The Labute approximate surface area is 139 Å². The lowest BCUT2D eigenvalue weighted by atomic mass is 10.1. The first kappa shape index (κ1) is 17.8. The van der Waals surface area contributed by atoms with Gasteiger partial charge >= 0.3 is 0 Å². The van der Waals surface area contributed by atoms with Crippen molar-refractivity contribution >= 4 is 5.91 Å². The zero-order valence-electron chi connectivity index (χ0n) is 14.7. The van der Waals surface area contributed by atoms with Crippen LogP contribution in [0.4, 0.5) is 0 Å². The molecule has 1 aromatic rings. The van der Waals surface area contributed by atoms with Gasteiger partial charge in [0.15, 0.2) is 0 Å². The van der Waals surface area contributed by atoms with Gasteiger partial charge in [-0.25, -0.2) is 0 Å².